The van der Waals surface area contributed by atoms with Gasteiger partial charge in [0.2, 0.25) is 0 Å². The van der Waals surface area contributed by atoms with Crippen molar-refractivity contribution in [3.05, 3.63) is 56.6 Å². The lowest BCUT2D eigenvalue weighted by Gasteiger charge is -2.02. The summed E-state index contributed by atoms with van der Waals surface area (Å²) in [6, 6.07) is 8.08. The van der Waals surface area contributed by atoms with E-state index in [0.29, 0.717) is 10.1 Å². The molecule has 0 unspecified atom stereocenters. The van der Waals surface area contributed by atoms with Crippen LogP contribution in [0.15, 0.2) is 44.9 Å². The lowest BCUT2D eigenvalue weighted by Crippen LogP contribution is -2.19. The van der Waals surface area contributed by atoms with Crippen LogP contribution >= 0.6 is 23.1 Å². The van der Waals surface area contributed by atoms with E-state index < -0.39 is 0 Å². The number of rotatable bonds is 2. The van der Waals surface area contributed by atoms with Crippen LogP contribution in [-0.2, 0) is 4.79 Å². The Morgan fingerprint density at radius 3 is 2.81 bits per heavy atom. The van der Waals surface area contributed by atoms with E-state index in [1.54, 1.807) is 11.3 Å². The summed E-state index contributed by atoms with van der Waals surface area (Å²) in [4.78, 5) is 17.2. The number of hydrogen-bond acceptors (Lipinski definition) is 4. The highest BCUT2D eigenvalue weighted by Gasteiger charge is 2.23. The zero-order valence-corrected chi connectivity index (χ0v) is 13.3. The number of nitrogens with zero attached hydrogens (tertiary/aromatic N) is 1. The Balaban J connectivity index is 1.85. The second-order valence-corrected chi connectivity index (χ2v) is 6.64. The quantitative estimate of drug-likeness (QED) is 0.842. The molecule has 0 aliphatic carbocycles. The number of nitrogens with one attached hydrogen (secondary N) is 1. The number of benzene rings is 1. The Morgan fingerprint density at radius 2 is 2.10 bits per heavy atom. The fraction of sp³-hybridized carbons (Fsp3) is 0.125. The molecule has 2 heterocycles. The molecular weight excluding hydrogens is 300 g/mol. The van der Waals surface area contributed by atoms with Crippen molar-refractivity contribution in [2.75, 3.05) is 0 Å². The van der Waals surface area contributed by atoms with Crippen LogP contribution in [0.5, 0.6) is 0 Å². The summed E-state index contributed by atoms with van der Waals surface area (Å²) in [7, 11) is 0. The van der Waals surface area contributed by atoms with Crippen molar-refractivity contribution in [2.45, 2.75) is 13.8 Å². The number of carbonyl (C=O) groups excluding carboxylic acids is 1. The normalized spacial score (nSPS) is 18.5. The van der Waals surface area contributed by atoms with Crippen LogP contribution in [0.2, 0.25) is 0 Å². The molecule has 0 spiro atoms. The molecule has 2 aromatic rings. The molecule has 1 amide bonds. The van der Waals surface area contributed by atoms with E-state index in [-0.39, 0.29) is 5.91 Å². The van der Waals surface area contributed by atoms with Gasteiger partial charge < -0.3 is 5.32 Å². The highest BCUT2D eigenvalue weighted by molar-refractivity contribution is 8.18. The fourth-order valence-electron chi connectivity index (χ4n) is 2.03. The minimum Gasteiger partial charge on any atom is -0.300 e. The molecule has 1 fully saturated rings. The van der Waals surface area contributed by atoms with Gasteiger partial charge in [0, 0.05) is 0 Å². The Morgan fingerprint density at radius 1 is 1.24 bits per heavy atom. The lowest BCUT2D eigenvalue weighted by molar-refractivity contribution is -0.115. The van der Waals surface area contributed by atoms with Crippen LogP contribution < -0.4 is 5.32 Å². The minimum atomic E-state index is -0.0882. The highest BCUT2D eigenvalue weighted by Crippen LogP contribution is 2.29. The maximum Gasteiger partial charge on any atom is 0.264 e. The van der Waals surface area contributed by atoms with E-state index in [1.165, 1.54) is 17.3 Å². The minimum absolute atomic E-state index is 0.0882. The van der Waals surface area contributed by atoms with Crippen molar-refractivity contribution in [1.82, 2.24) is 5.32 Å². The molecule has 1 aliphatic heterocycles. The Labute approximate surface area is 131 Å². The molecule has 0 atom stereocenters. The van der Waals surface area contributed by atoms with E-state index >= 15 is 0 Å². The number of hydrogen-bond donors (Lipinski definition) is 1. The molecule has 0 radical (unpaired) electrons. The maximum absolute atomic E-state index is 12.0. The second-order valence-electron chi connectivity index (χ2n) is 4.83. The van der Waals surface area contributed by atoms with Crippen LogP contribution in [0.1, 0.15) is 16.7 Å². The van der Waals surface area contributed by atoms with Gasteiger partial charge in [-0.05, 0) is 65.7 Å². The van der Waals surface area contributed by atoms with Crippen molar-refractivity contribution in [1.29, 1.82) is 0 Å². The van der Waals surface area contributed by atoms with E-state index in [1.807, 2.05) is 42.0 Å². The topological polar surface area (TPSA) is 41.5 Å². The van der Waals surface area contributed by atoms with Crippen molar-refractivity contribution < 1.29 is 4.79 Å². The van der Waals surface area contributed by atoms with Gasteiger partial charge in [0.25, 0.3) is 5.91 Å². The van der Waals surface area contributed by atoms with Crippen LogP contribution in [0.25, 0.3) is 6.08 Å². The Bertz CT molecular complexity index is 746. The van der Waals surface area contributed by atoms with Gasteiger partial charge in [0.15, 0.2) is 5.17 Å². The van der Waals surface area contributed by atoms with E-state index in [9.17, 15) is 4.79 Å². The predicted octanol–water partition coefficient (Wildman–Crippen LogP) is 4.26. The first-order chi connectivity index (χ1) is 10.1. The predicted molar refractivity (Wildman–Crippen MR) is 91.0 cm³/mol. The summed E-state index contributed by atoms with van der Waals surface area (Å²) < 4.78 is 0. The van der Waals surface area contributed by atoms with Crippen LogP contribution in [0.3, 0.4) is 0 Å². The summed E-state index contributed by atoms with van der Waals surface area (Å²) >= 11 is 2.99. The molecule has 1 saturated heterocycles. The summed E-state index contributed by atoms with van der Waals surface area (Å²) in [5.41, 5.74) is 4.25. The van der Waals surface area contributed by atoms with E-state index in [4.69, 9.17) is 0 Å². The molecule has 3 rings (SSSR count). The zero-order chi connectivity index (χ0) is 14.8. The number of thioether (sulfide) groups is 1. The van der Waals surface area contributed by atoms with Gasteiger partial charge in [-0.3, -0.25) is 4.79 Å². The third kappa shape index (κ3) is 3.25. The molecule has 106 valence electrons. The number of aliphatic imine (C=N–C) groups is 1. The van der Waals surface area contributed by atoms with Gasteiger partial charge in [-0.25, -0.2) is 4.99 Å². The summed E-state index contributed by atoms with van der Waals surface area (Å²) in [5.74, 6) is -0.0882. The summed E-state index contributed by atoms with van der Waals surface area (Å²) in [6.45, 7) is 4.08. The molecule has 5 heteroatoms. The van der Waals surface area contributed by atoms with Gasteiger partial charge in [0.05, 0.1) is 10.6 Å². The SMILES string of the molecule is Cc1ccc(N=C2NC(=O)/C(=C/c3ccsc3)S2)c(C)c1. The van der Waals surface area contributed by atoms with E-state index in [0.717, 1.165) is 16.8 Å². The molecule has 1 aromatic heterocycles. The third-order valence-electron chi connectivity index (χ3n) is 3.07. The molecule has 1 N–H and O–H groups in total. The molecular formula is C16H14N2OS2. The van der Waals surface area contributed by atoms with Gasteiger partial charge in [0.1, 0.15) is 0 Å². The summed E-state index contributed by atoms with van der Waals surface area (Å²) in [6.07, 6.45) is 1.89. The zero-order valence-electron chi connectivity index (χ0n) is 11.7. The summed E-state index contributed by atoms with van der Waals surface area (Å²) in [5, 5.41) is 7.46. The number of carbonyl (C=O) groups is 1. The van der Waals surface area contributed by atoms with Crippen molar-refractivity contribution in [2.24, 2.45) is 4.99 Å². The van der Waals surface area contributed by atoms with Crippen molar-refractivity contribution >= 4 is 45.9 Å². The van der Waals surface area contributed by atoms with Gasteiger partial charge in [-0.15, -0.1) is 0 Å². The first kappa shape index (κ1) is 14.1. The molecule has 1 aliphatic rings. The number of amides is 1. The Kier molecular flexibility index (Phi) is 3.94. The molecule has 0 saturated carbocycles. The first-order valence-corrected chi connectivity index (χ1v) is 8.27. The highest BCUT2D eigenvalue weighted by atomic mass is 32.2. The molecule has 1 aromatic carbocycles. The Hall–Kier alpha value is -1.85. The number of amidine groups is 1. The molecule has 21 heavy (non-hydrogen) atoms. The first-order valence-electron chi connectivity index (χ1n) is 6.51. The van der Waals surface area contributed by atoms with Crippen molar-refractivity contribution in [3.63, 3.8) is 0 Å². The van der Waals surface area contributed by atoms with Crippen molar-refractivity contribution in [3.8, 4) is 0 Å². The fourth-order valence-corrected chi connectivity index (χ4v) is 3.48. The van der Waals surface area contributed by atoms with Crippen LogP contribution in [0.4, 0.5) is 5.69 Å². The maximum atomic E-state index is 12.0. The monoisotopic (exact) mass is 314 g/mol. The van der Waals surface area contributed by atoms with Gasteiger partial charge in [-0.2, -0.15) is 11.3 Å². The van der Waals surface area contributed by atoms with E-state index in [2.05, 4.69) is 23.3 Å². The number of thiophene rings is 1. The third-order valence-corrected chi connectivity index (χ3v) is 4.68. The smallest absolute Gasteiger partial charge is 0.264 e. The largest absolute Gasteiger partial charge is 0.300 e. The van der Waals surface area contributed by atoms with Gasteiger partial charge in [-0.1, -0.05) is 17.7 Å². The average molecular weight is 314 g/mol. The van der Waals surface area contributed by atoms with Gasteiger partial charge >= 0.3 is 0 Å². The standard InChI is InChI=1S/C16H14N2OS2/c1-10-3-4-13(11(2)7-10)17-16-18-15(19)14(21-16)8-12-5-6-20-9-12/h3-9H,1-2H3,(H,17,18,19)/b14-8-. The number of aryl methyl sites for hydroxylation is 2. The second kappa shape index (κ2) is 5.87. The van der Waals surface area contributed by atoms with Crippen LogP contribution in [-0.4, -0.2) is 11.1 Å². The molecule has 0 bridgehead atoms. The van der Waals surface area contributed by atoms with Crippen LogP contribution in [0, 0.1) is 13.8 Å². The average Bonchev–Trinajstić information content (AvgIpc) is 3.04. The lowest BCUT2D eigenvalue weighted by atomic mass is 10.1. The molecule has 3 nitrogen and oxygen atoms in total.